The van der Waals surface area contributed by atoms with E-state index in [4.69, 9.17) is 4.55 Å². The number of benzene rings is 1. The smallest absolute Gasteiger partial charge is 0.306 e. The summed E-state index contributed by atoms with van der Waals surface area (Å²) in [7, 11) is -4.19. The van der Waals surface area contributed by atoms with Gasteiger partial charge in [0.25, 0.3) is 0 Å². The third-order valence-electron chi connectivity index (χ3n) is 2.29. The molecule has 0 atom stereocenters. The zero-order chi connectivity index (χ0) is 11.8. The largest absolute Gasteiger partial charge is 0.310 e. The molecule has 2 aromatic rings. The predicted molar refractivity (Wildman–Crippen MR) is 60.3 cm³/mol. The molecule has 0 saturated heterocycles. The Labute approximate surface area is 93.9 Å². The summed E-state index contributed by atoms with van der Waals surface area (Å²) in [4.78, 5) is 0. The first-order chi connectivity index (χ1) is 7.48. The topological polar surface area (TPSA) is 59.3 Å². The fraction of sp³-hybridized carbons (Fsp3) is 0.0909. The highest BCUT2D eigenvalue weighted by Crippen LogP contribution is 2.17. The average Bonchev–Trinajstić information content (AvgIpc) is 2.66. The monoisotopic (exact) mass is 237 g/mol. The van der Waals surface area contributed by atoms with Gasteiger partial charge in [0.05, 0.1) is 0 Å². The van der Waals surface area contributed by atoms with E-state index in [0.717, 1.165) is 5.56 Å². The molecule has 0 bridgehead atoms. The SMILES string of the molecule is Cc1ccc(-n2cccc2S(=O)(=O)O)cc1. The molecule has 1 aromatic carbocycles. The van der Waals surface area contributed by atoms with E-state index >= 15 is 0 Å². The van der Waals surface area contributed by atoms with Crippen LogP contribution in [0.3, 0.4) is 0 Å². The summed E-state index contributed by atoms with van der Waals surface area (Å²) >= 11 is 0. The number of aromatic nitrogens is 1. The van der Waals surface area contributed by atoms with Crippen molar-refractivity contribution in [1.29, 1.82) is 0 Å². The zero-order valence-electron chi connectivity index (χ0n) is 8.66. The first kappa shape index (κ1) is 10.9. The van der Waals surface area contributed by atoms with Crippen LogP contribution in [-0.4, -0.2) is 17.5 Å². The molecule has 2 rings (SSSR count). The lowest BCUT2D eigenvalue weighted by atomic mass is 10.2. The lowest BCUT2D eigenvalue weighted by Crippen LogP contribution is -2.05. The molecule has 0 unspecified atom stereocenters. The Hall–Kier alpha value is -1.59. The van der Waals surface area contributed by atoms with E-state index in [-0.39, 0.29) is 5.03 Å². The minimum absolute atomic E-state index is 0.128. The van der Waals surface area contributed by atoms with Crippen molar-refractivity contribution in [3.05, 3.63) is 48.2 Å². The van der Waals surface area contributed by atoms with Gasteiger partial charge < -0.3 is 4.57 Å². The number of rotatable bonds is 2. The van der Waals surface area contributed by atoms with Gasteiger partial charge in [-0.05, 0) is 31.2 Å². The van der Waals surface area contributed by atoms with Gasteiger partial charge in [0, 0.05) is 11.9 Å². The molecule has 0 amide bonds. The number of nitrogens with zero attached hydrogens (tertiary/aromatic N) is 1. The van der Waals surface area contributed by atoms with Crippen molar-refractivity contribution in [3.63, 3.8) is 0 Å². The fourth-order valence-electron chi connectivity index (χ4n) is 1.49. The summed E-state index contributed by atoms with van der Waals surface area (Å²) in [6.07, 6.45) is 1.59. The molecule has 0 spiro atoms. The fourth-order valence-corrected chi connectivity index (χ4v) is 2.16. The zero-order valence-corrected chi connectivity index (χ0v) is 9.48. The molecule has 84 valence electrons. The molecular weight excluding hydrogens is 226 g/mol. The maximum atomic E-state index is 11.1. The standard InChI is InChI=1S/C11H11NO3S/c1-9-4-6-10(7-5-9)12-8-2-3-11(12)16(13,14)15/h2-8H,1H3,(H,13,14,15). The molecule has 0 saturated carbocycles. The number of hydrogen-bond acceptors (Lipinski definition) is 2. The van der Waals surface area contributed by atoms with Gasteiger partial charge in [0.1, 0.15) is 0 Å². The van der Waals surface area contributed by atoms with E-state index in [0.29, 0.717) is 5.69 Å². The Morgan fingerprint density at radius 1 is 1.12 bits per heavy atom. The summed E-state index contributed by atoms with van der Waals surface area (Å²) in [6, 6.07) is 10.3. The van der Waals surface area contributed by atoms with Crippen LogP contribution in [0.25, 0.3) is 5.69 Å². The van der Waals surface area contributed by atoms with Crippen molar-refractivity contribution in [3.8, 4) is 5.69 Å². The Morgan fingerprint density at radius 3 is 2.31 bits per heavy atom. The second-order valence-corrected chi connectivity index (χ2v) is 4.90. The molecular formula is C11H11NO3S. The summed E-state index contributed by atoms with van der Waals surface area (Å²) in [5.74, 6) is 0. The lowest BCUT2D eigenvalue weighted by Gasteiger charge is -2.06. The number of aryl methyl sites for hydroxylation is 1. The van der Waals surface area contributed by atoms with E-state index < -0.39 is 10.1 Å². The molecule has 16 heavy (non-hydrogen) atoms. The maximum absolute atomic E-state index is 11.1. The highest BCUT2D eigenvalue weighted by molar-refractivity contribution is 7.85. The number of hydrogen-bond donors (Lipinski definition) is 1. The van der Waals surface area contributed by atoms with Crippen LogP contribution in [0.1, 0.15) is 5.56 Å². The Bertz CT molecular complexity index is 596. The molecule has 1 aromatic heterocycles. The Balaban J connectivity index is 2.58. The van der Waals surface area contributed by atoms with Gasteiger partial charge in [-0.1, -0.05) is 17.7 Å². The molecule has 0 aliphatic heterocycles. The molecule has 0 fully saturated rings. The van der Waals surface area contributed by atoms with Crippen molar-refractivity contribution in [1.82, 2.24) is 4.57 Å². The predicted octanol–water partition coefficient (Wildman–Crippen LogP) is 2.03. The molecule has 1 N–H and O–H groups in total. The Kier molecular flexibility index (Phi) is 2.57. The van der Waals surface area contributed by atoms with Gasteiger partial charge in [0.15, 0.2) is 5.03 Å². The lowest BCUT2D eigenvalue weighted by molar-refractivity contribution is 0.477. The highest BCUT2D eigenvalue weighted by atomic mass is 32.2. The Morgan fingerprint density at radius 2 is 1.75 bits per heavy atom. The summed E-state index contributed by atoms with van der Waals surface area (Å²) in [6.45, 7) is 1.95. The molecule has 0 radical (unpaired) electrons. The van der Waals surface area contributed by atoms with Crippen LogP contribution < -0.4 is 0 Å². The highest BCUT2D eigenvalue weighted by Gasteiger charge is 2.15. The van der Waals surface area contributed by atoms with E-state index in [1.54, 1.807) is 24.4 Å². The van der Waals surface area contributed by atoms with Crippen molar-refractivity contribution in [2.75, 3.05) is 0 Å². The summed E-state index contributed by atoms with van der Waals surface area (Å²) < 4.78 is 32.6. The van der Waals surface area contributed by atoms with Crippen LogP contribution >= 0.6 is 0 Å². The normalized spacial score (nSPS) is 11.6. The summed E-state index contributed by atoms with van der Waals surface area (Å²) in [5, 5.41) is -0.128. The van der Waals surface area contributed by atoms with Crippen LogP contribution in [0.5, 0.6) is 0 Å². The van der Waals surface area contributed by atoms with Crippen molar-refractivity contribution >= 4 is 10.1 Å². The molecule has 1 heterocycles. The molecule has 0 aliphatic carbocycles. The van der Waals surface area contributed by atoms with Crippen molar-refractivity contribution in [2.45, 2.75) is 11.9 Å². The second kappa shape index (κ2) is 3.77. The average molecular weight is 237 g/mol. The summed E-state index contributed by atoms with van der Waals surface area (Å²) in [5.41, 5.74) is 1.78. The van der Waals surface area contributed by atoms with Gasteiger partial charge in [-0.2, -0.15) is 8.42 Å². The third-order valence-corrected chi connectivity index (χ3v) is 3.15. The third kappa shape index (κ3) is 2.00. The van der Waals surface area contributed by atoms with Gasteiger partial charge >= 0.3 is 10.1 Å². The van der Waals surface area contributed by atoms with E-state index in [1.165, 1.54) is 10.6 Å². The van der Waals surface area contributed by atoms with E-state index in [1.807, 2.05) is 19.1 Å². The minimum atomic E-state index is -4.19. The first-order valence-electron chi connectivity index (χ1n) is 4.70. The van der Waals surface area contributed by atoms with E-state index in [2.05, 4.69) is 0 Å². The van der Waals surface area contributed by atoms with Gasteiger partial charge in [-0.3, -0.25) is 4.55 Å². The molecule has 0 aliphatic rings. The van der Waals surface area contributed by atoms with Crippen LogP contribution in [-0.2, 0) is 10.1 Å². The van der Waals surface area contributed by atoms with Crippen LogP contribution in [0.4, 0.5) is 0 Å². The van der Waals surface area contributed by atoms with E-state index in [9.17, 15) is 8.42 Å². The van der Waals surface area contributed by atoms with Crippen LogP contribution in [0, 0.1) is 6.92 Å². The van der Waals surface area contributed by atoms with Crippen LogP contribution in [0.2, 0.25) is 0 Å². The maximum Gasteiger partial charge on any atom is 0.310 e. The minimum Gasteiger partial charge on any atom is -0.306 e. The molecule has 5 heteroatoms. The van der Waals surface area contributed by atoms with Crippen LogP contribution in [0.15, 0.2) is 47.6 Å². The second-order valence-electron chi connectivity index (χ2n) is 3.53. The van der Waals surface area contributed by atoms with Gasteiger partial charge in [-0.25, -0.2) is 0 Å². The van der Waals surface area contributed by atoms with Gasteiger partial charge in [0.2, 0.25) is 0 Å². The quantitative estimate of drug-likeness (QED) is 0.813. The first-order valence-corrected chi connectivity index (χ1v) is 6.14. The van der Waals surface area contributed by atoms with Gasteiger partial charge in [-0.15, -0.1) is 0 Å². The van der Waals surface area contributed by atoms with Crippen molar-refractivity contribution < 1.29 is 13.0 Å². The van der Waals surface area contributed by atoms with Crippen molar-refractivity contribution in [2.24, 2.45) is 0 Å². The molecule has 4 nitrogen and oxygen atoms in total.